The number of benzene rings is 1. The van der Waals surface area contributed by atoms with Crippen molar-refractivity contribution in [1.82, 2.24) is 19.4 Å². The van der Waals surface area contributed by atoms with Gasteiger partial charge in [0, 0.05) is 43.1 Å². The average molecular weight is 472 g/mol. The second-order valence-corrected chi connectivity index (χ2v) is 8.94. The van der Waals surface area contributed by atoms with Gasteiger partial charge in [0.2, 0.25) is 0 Å². The third-order valence-electron chi connectivity index (χ3n) is 6.08. The van der Waals surface area contributed by atoms with Gasteiger partial charge in [-0.25, -0.2) is 4.98 Å². The van der Waals surface area contributed by atoms with Crippen molar-refractivity contribution >= 4 is 11.6 Å². The standard InChI is InChI=1S/C25H28F3N5O/c1-16(2)22-20(6-5-11-29-22)23-21-14-32(12-13-33(21)17(3)30-23)19-9-7-18(8-10-19)24(34)31(4)15-25(26,27)28/h5-11,16H,12-15H2,1-4H3. The lowest BCUT2D eigenvalue weighted by molar-refractivity contribution is -0.138. The maximum absolute atomic E-state index is 12.6. The predicted octanol–water partition coefficient (Wildman–Crippen LogP) is 5.03. The van der Waals surface area contributed by atoms with E-state index in [0.717, 1.165) is 54.3 Å². The first kappa shape index (κ1) is 23.8. The highest BCUT2D eigenvalue weighted by atomic mass is 19.4. The van der Waals surface area contributed by atoms with Gasteiger partial charge in [-0.3, -0.25) is 9.78 Å². The van der Waals surface area contributed by atoms with Gasteiger partial charge in [-0.05, 0) is 49.2 Å². The van der Waals surface area contributed by atoms with E-state index in [1.165, 1.54) is 0 Å². The predicted molar refractivity (Wildman–Crippen MR) is 125 cm³/mol. The highest BCUT2D eigenvalue weighted by Gasteiger charge is 2.31. The Balaban J connectivity index is 1.58. The fourth-order valence-electron chi connectivity index (χ4n) is 4.44. The van der Waals surface area contributed by atoms with Crippen LogP contribution < -0.4 is 4.90 Å². The molecule has 0 radical (unpaired) electrons. The number of alkyl halides is 3. The number of nitrogens with zero attached hydrogens (tertiary/aromatic N) is 5. The SMILES string of the molecule is Cc1nc(-c2cccnc2C(C)C)c2n1CCN(c1ccc(C(=O)N(C)CC(F)(F)F)cc1)C2. The lowest BCUT2D eigenvalue weighted by atomic mass is 10.00. The molecule has 0 bridgehead atoms. The number of hydrogen-bond donors (Lipinski definition) is 0. The van der Waals surface area contributed by atoms with Crippen LogP contribution in [-0.4, -0.2) is 51.7 Å². The zero-order valence-electron chi connectivity index (χ0n) is 19.7. The van der Waals surface area contributed by atoms with E-state index in [1.807, 2.05) is 13.0 Å². The van der Waals surface area contributed by atoms with E-state index >= 15 is 0 Å². The molecular weight excluding hydrogens is 443 g/mol. The fraction of sp³-hybridized carbons (Fsp3) is 0.400. The van der Waals surface area contributed by atoms with Crippen LogP contribution in [-0.2, 0) is 13.1 Å². The molecule has 2 aromatic heterocycles. The van der Waals surface area contributed by atoms with Gasteiger partial charge < -0.3 is 14.4 Å². The van der Waals surface area contributed by atoms with Crippen LogP contribution in [0.5, 0.6) is 0 Å². The van der Waals surface area contributed by atoms with Crippen molar-refractivity contribution in [2.75, 3.05) is 25.0 Å². The molecule has 3 heterocycles. The third kappa shape index (κ3) is 4.78. The zero-order chi connectivity index (χ0) is 24.6. The van der Waals surface area contributed by atoms with E-state index < -0.39 is 18.6 Å². The number of pyridine rings is 1. The van der Waals surface area contributed by atoms with Crippen molar-refractivity contribution in [2.45, 2.75) is 46.0 Å². The number of halogens is 3. The number of amides is 1. The van der Waals surface area contributed by atoms with Crippen LogP contribution in [0.4, 0.5) is 18.9 Å². The van der Waals surface area contributed by atoms with Crippen molar-refractivity contribution in [3.63, 3.8) is 0 Å². The first-order valence-corrected chi connectivity index (χ1v) is 11.2. The van der Waals surface area contributed by atoms with Crippen LogP contribution in [0, 0.1) is 6.92 Å². The molecule has 4 rings (SSSR count). The number of fused-ring (bicyclic) bond motifs is 1. The molecule has 0 aliphatic carbocycles. The summed E-state index contributed by atoms with van der Waals surface area (Å²) < 4.78 is 40.1. The normalized spacial score (nSPS) is 13.8. The van der Waals surface area contributed by atoms with Gasteiger partial charge in [0.05, 0.1) is 23.6 Å². The van der Waals surface area contributed by atoms with Crippen LogP contribution in [0.25, 0.3) is 11.3 Å². The number of aromatic nitrogens is 3. The Kier molecular flexibility index (Phi) is 6.38. The highest BCUT2D eigenvalue weighted by Crippen LogP contribution is 2.33. The number of aryl methyl sites for hydroxylation is 1. The van der Waals surface area contributed by atoms with Gasteiger partial charge in [0.1, 0.15) is 12.4 Å². The first-order chi connectivity index (χ1) is 16.0. The number of hydrogen-bond acceptors (Lipinski definition) is 4. The monoisotopic (exact) mass is 471 g/mol. The summed E-state index contributed by atoms with van der Waals surface area (Å²) in [4.78, 5) is 24.7. The van der Waals surface area contributed by atoms with E-state index in [2.05, 4.69) is 34.4 Å². The summed E-state index contributed by atoms with van der Waals surface area (Å²) in [6.45, 7) is 7.11. The maximum Gasteiger partial charge on any atom is 0.406 e. The summed E-state index contributed by atoms with van der Waals surface area (Å²) in [5.41, 5.74) is 5.20. The highest BCUT2D eigenvalue weighted by molar-refractivity contribution is 5.94. The number of anilines is 1. The Hall–Kier alpha value is -3.36. The molecule has 0 saturated carbocycles. The van der Waals surface area contributed by atoms with Gasteiger partial charge in [0.15, 0.2) is 0 Å². The molecule has 0 fully saturated rings. The zero-order valence-corrected chi connectivity index (χ0v) is 19.7. The van der Waals surface area contributed by atoms with Gasteiger partial charge in [0.25, 0.3) is 5.91 Å². The summed E-state index contributed by atoms with van der Waals surface area (Å²) >= 11 is 0. The van der Waals surface area contributed by atoms with E-state index in [9.17, 15) is 18.0 Å². The summed E-state index contributed by atoms with van der Waals surface area (Å²) in [7, 11) is 1.16. The van der Waals surface area contributed by atoms with Gasteiger partial charge in [-0.15, -0.1) is 0 Å². The van der Waals surface area contributed by atoms with Crippen LogP contribution in [0.2, 0.25) is 0 Å². The van der Waals surface area contributed by atoms with Crippen molar-refractivity contribution in [3.8, 4) is 11.3 Å². The van der Waals surface area contributed by atoms with Gasteiger partial charge in [-0.2, -0.15) is 13.2 Å². The minimum atomic E-state index is -4.43. The van der Waals surface area contributed by atoms with Crippen LogP contribution >= 0.6 is 0 Å². The quantitative estimate of drug-likeness (QED) is 0.524. The van der Waals surface area contributed by atoms with Gasteiger partial charge >= 0.3 is 6.18 Å². The smallest absolute Gasteiger partial charge is 0.364 e. The number of carbonyl (C=O) groups excluding carboxylic acids is 1. The molecule has 1 amide bonds. The summed E-state index contributed by atoms with van der Waals surface area (Å²) in [6, 6.07) is 10.7. The lowest BCUT2D eigenvalue weighted by Crippen LogP contribution is -2.36. The van der Waals surface area contributed by atoms with Crippen molar-refractivity contribution in [3.05, 3.63) is 65.4 Å². The Morgan fingerprint density at radius 3 is 2.50 bits per heavy atom. The molecule has 6 nitrogen and oxygen atoms in total. The molecule has 1 aliphatic rings. The minimum absolute atomic E-state index is 0.228. The summed E-state index contributed by atoms with van der Waals surface area (Å²) in [5, 5.41) is 0. The average Bonchev–Trinajstić information content (AvgIpc) is 3.13. The second-order valence-electron chi connectivity index (χ2n) is 8.94. The Morgan fingerprint density at radius 2 is 1.85 bits per heavy atom. The van der Waals surface area contributed by atoms with E-state index in [-0.39, 0.29) is 11.5 Å². The second kappa shape index (κ2) is 9.12. The van der Waals surface area contributed by atoms with Crippen molar-refractivity contribution in [2.24, 2.45) is 0 Å². The topological polar surface area (TPSA) is 54.3 Å². The van der Waals surface area contributed by atoms with Crippen molar-refractivity contribution in [1.29, 1.82) is 0 Å². The Morgan fingerprint density at radius 1 is 1.15 bits per heavy atom. The Labute approximate surface area is 197 Å². The molecule has 0 unspecified atom stereocenters. The molecule has 1 aromatic carbocycles. The molecule has 0 atom stereocenters. The van der Waals surface area contributed by atoms with Gasteiger partial charge in [-0.1, -0.05) is 13.8 Å². The van der Waals surface area contributed by atoms with Crippen molar-refractivity contribution < 1.29 is 18.0 Å². The van der Waals surface area contributed by atoms with Crippen LogP contribution in [0.1, 0.15) is 47.3 Å². The van der Waals surface area contributed by atoms with E-state index in [4.69, 9.17) is 4.98 Å². The molecular formula is C25H28F3N5O. The summed E-state index contributed by atoms with van der Waals surface area (Å²) in [5.74, 6) is 0.558. The molecule has 0 spiro atoms. The molecule has 1 aliphatic heterocycles. The molecule has 0 N–H and O–H groups in total. The molecule has 0 saturated heterocycles. The Bertz CT molecular complexity index is 1180. The van der Waals surface area contributed by atoms with Crippen LogP contribution in [0.15, 0.2) is 42.6 Å². The van der Waals surface area contributed by atoms with Crippen LogP contribution in [0.3, 0.4) is 0 Å². The largest absolute Gasteiger partial charge is 0.406 e. The lowest BCUT2D eigenvalue weighted by Gasteiger charge is -2.31. The summed E-state index contributed by atoms with van der Waals surface area (Å²) in [6.07, 6.45) is -2.63. The number of imidazole rings is 1. The first-order valence-electron chi connectivity index (χ1n) is 11.2. The molecule has 180 valence electrons. The van der Waals surface area contributed by atoms with E-state index in [0.29, 0.717) is 11.4 Å². The number of carbonyl (C=O) groups is 1. The molecule has 34 heavy (non-hydrogen) atoms. The maximum atomic E-state index is 12.6. The number of rotatable bonds is 5. The molecule has 9 heteroatoms. The van der Waals surface area contributed by atoms with E-state index in [1.54, 1.807) is 30.5 Å². The third-order valence-corrected chi connectivity index (χ3v) is 6.08. The molecule has 3 aromatic rings. The minimum Gasteiger partial charge on any atom is -0.364 e. The fourth-order valence-corrected chi connectivity index (χ4v) is 4.44.